The van der Waals surface area contributed by atoms with E-state index in [2.05, 4.69) is 17.5 Å². The molecule has 1 aliphatic carbocycles. The highest BCUT2D eigenvalue weighted by Crippen LogP contribution is 2.36. The van der Waals surface area contributed by atoms with Crippen LogP contribution in [0.4, 0.5) is 0 Å². The van der Waals surface area contributed by atoms with Crippen molar-refractivity contribution in [1.82, 2.24) is 5.32 Å². The van der Waals surface area contributed by atoms with Crippen LogP contribution in [0.3, 0.4) is 0 Å². The van der Waals surface area contributed by atoms with Crippen molar-refractivity contribution in [1.29, 1.82) is 0 Å². The first-order valence-corrected chi connectivity index (χ1v) is 5.79. The van der Waals surface area contributed by atoms with Crippen molar-refractivity contribution >= 4 is 0 Å². The lowest BCUT2D eigenvalue weighted by Crippen LogP contribution is -2.29. The lowest BCUT2D eigenvalue weighted by Gasteiger charge is -2.19. The lowest BCUT2D eigenvalue weighted by molar-refractivity contribution is 0.362. The Bertz CT molecular complexity index is 429. The van der Waals surface area contributed by atoms with E-state index >= 15 is 0 Å². The zero-order valence-corrected chi connectivity index (χ0v) is 9.56. The molecule has 0 heterocycles. The maximum absolute atomic E-state index is 9.64. The molecule has 0 aromatic heterocycles. The van der Waals surface area contributed by atoms with Crippen LogP contribution in [0.15, 0.2) is 24.3 Å². The summed E-state index contributed by atoms with van der Waals surface area (Å²) >= 11 is 0. The van der Waals surface area contributed by atoms with E-state index in [9.17, 15) is 15.3 Å². The van der Waals surface area contributed by atoms with Crippen LogP contribution in [0.5, 0.6) is 17.2 Å². The fourth-order valence-electron chi connectivity index (χ4n) is 1.99. The second-order valence-electron chi connectivity index (χ2n) is 4.30. The highest BCUT2D eigenvalue weighted by Gasteiger charge is 2.13. The third-order valence-electron chi connectivity index (χ3n) is 3.06. The van der Waals surface area contributed by atoms with Gasteiger partial charge in [0.05, 0.1) is 0 Å². The molecule has 0 amide bonds. The van der Waals surface area contributed by atoms with Crippen LogP contribution in [-0.4, -0.2) is 21.4 Å². The molecule has 2 rings (SSSR count). The minimum Gasteiger partial charge on any atom is -0.504 e. The van der Waals surface area contributed by atoms with E-state index in [1.165, 1.54) is 6.07 Å². The zero-order valence-electron chi connectivity index (χ0n) is 9.56. The van der Waals surface area contributed by atoms with Gasteiger partial charge < -0.3 is 20.6 Å². The topological polar surface area (TPSA) is 72.7 Å². The highest BCUT2D eigenvalue weighted by atomic mass is 16.3. The van der Waals surface area contributed by atoms with Crippen molar-refractivity contribution in [2.24, 2.45) is 0 Å². The Kier molecular flexibility index (Phi) is 3.54. The summed E-state index contributed by atoms with van der Waals surface area (Å²) in [5, 5.41) is 31.6. The van der Waals surface area contributed by atoms with Crippen molar-refractivity contribution in [2.75, 3.05) is 0 Å². The summed E-state index contributed by atoms with van der Waals surface area (Å²) in [7, 11) is 0. The number of aromatic hydroxyl groups is 3. The molecule has 0 spiro atoms. The van der Waals surface area contributed by atoms with Crippen molar-refractivity contribution in [2.45, 2.75) is 31.8 Å². The number of benzene rings is 1. The molecule has 4 nitrogen and oxygen atoms in total. The number of rotatable bonds is 3. The van der Waals surface area contributed by atoms with E-state index in [-0.39, 0.29) is 11.5 Å². The molecule has 17 heavy (non-hydrogen) atoms. The van der Waals surface area contributed by atoms with E-state index in [0.717, 1.165) is 19.3 Å². The summed E-state index contributed by atoms with van der Waals surface area (Å²) in [5.74, 6) is -0.997. The maximum atomic E-state index is 9.64. The number of phenols is 3. The van der Waals surface area contributed by atoms with Gasteiger partial charge in [-0.15, -0.1) is 0 Å². The second-order valence-corrected chi connectivity index (χ2v) is 4.30. The summed E-state index contributed by atoms with van der Waals surface area (Å²) in [6.07, 6.45) is 7.47. The van der Waals surface area contributed by atoms with Crippen LogP contribution >= 0.6 is 0 Å². The molecule has 4 N–H and O–H groups in total. The Morgan fingerprint density at radius 3 is 2.65 bits per heavy atom. The zero-order chi connectivity index (χ0) is 12.3. The third-order valence-corrected chi connectivity index (χ3v) is 3.06. The van der Waals surface area contributed by atoms with E-state index in [4.69, 9.17) is 0 Å². The maximum Gasteiger partial charge on any atom is 0.200 e. The van der Waals surface area contributed by atoms with Gasteiger partial charge in [-0.2, -0.15) is 0 Å². The molecular weight excluding hydrogens is 218 g/mol. The monoisotopic (exact) mass is 235 g/mol. The first kappa shape index (κ1) is 11.8. The van der Waals surface area contributed by atoms with Gasteiger partial charge in [0.2, 0.25) is 5.75 Å². The molecule has 92 valence electrons. The molecule has 0 fully saturated rings. The molecule has 1 aliphatic rings. The summed E-state index contributed by atoms with van der Waals surface area (Å²) in [6, 6.07) is 3.40. The number of nitrogens with one attached hydrogen (secondary N) is 1. The molecule has 1 aromatic carbocycles. The van der Waals surface area contributed by atoms with Crippen molar-refractivity contribution in [3.63, 3.8) is 0 Å². The molecule has 0 saturated carbocycles. The van der Waals surface area contributed by atoms with Gasteiger partial charge in [0.15, 0.2) is 11.5 Å². The smallest absolute Gasteiger partial charge is 0.200 e. The Balaban J connectivity index is 1.99. The summed E-state index contributed by atoms with van der Waals surface area (Å²) in [4.78, 5) is 0. The van der Waals surface area contributed by atoms with Gasteiger partial charge >= 0.3 is 0 Å². The minimum absolute atomic E-state index is 0.246. The van der Waals surface area contributed by atoms with Crippen LogP contribution in [0.2, 0.25) is 0 Å². The fourth-order valence-corrected chi connectivity index (χ4v) is 1.99. The van der Waals surface area contributed by atoms with E-state index in [1.54, 1.807) is 6.07 Å². The van der Waals surface area contributed by atoms with Gasteiger partial charge in [0.1, 0.15) is 0 Å². The highest BCUT2D eigenvalue weighted by molar-refractivity contribution is 5.53. The Morgan fingerprint density at radius 2 is 1.94 bits per heavy atom. The van der Waals surface area contributed by atoms with E-state index in [1.807, 2.05) is 0 Å². The Hall–Kier alpha value is -1.68. The Morgan fingerprint density at radius 1 is 1.12 bits per heavy atom. The van der Waals surface area contributed by atoms with Crippen molar-refractivity contribution < 1.29 is 15.3 Å². The van der Waals surface area contributed by atoms with Crippen LogP contribution in [0, 0.1) is 0 Å². The van der Waals surface area contributed by atoms with Gasteiger partial charge in [0.25, 0.3) is 0 Å². The van der Waals surface area contributed by atoms with E-state index < -0.39 is 5.75 Å². The lowest BCUT2D eigenvalue weighted by atomic mass is 10.0. The van der Waals surface area contributed by atoms with Crippen LogP contribution in [-0.2, 0) is 6.54 Å². The first-order valence-electron chi connectivity index (χ1n) is 5.79. The van der Waals surface area contributed by atoms with Gasteiger partial charge in [-0.1, -0.05) is 18.2 Å². The first-order chi connectivity index (χ1) is 8.18. The van der Waals surface area contributed by atoms with Gasteiger partial charge in [-0.25, -0.2) is 0 Å². The molecule has 1 unspecified atom stereocenters. The van der Waals surface area contributed by atoms with Crippen molar-refractivity contribution in [3.05, 3.63) is 29.8 Å². The predicted molar refractivity (Wildman–Crippen MR) is 65.1 cm³/mol. The van der Waals surface area contributed by atoms with Crippen LogP contribution in [0.25, 0.3) is 0 Å². The SMILES string of the molecule is Oc1ccc(CNC2CC=CCC2)c(O)c1O. The standard InChI is InChI=1S/C13H17NO3/c15-11-7-6-9(12(16)13(11)17)8-14-10-4-2-1-3-5-10/h1-2,6-7,10,14-17H,3-5,8H2. The molecule has 0 saturated heterocycles. The summed E-state index contributed by atoms with van der Waals surface area (Å²) < 4.78 is 0. The molecule has 4 heteroatoms. The summed E-state index contributed by atoms with van der Waals surface area (Å²) in [5.41, 5.74) is 0.592. The number of hydrogen-bond acceptors (Lipinski definition) is 4. The molecule has 1 atom stereocenters. The quantitative estimate of drug-likeness (QED) is 0.477. The van der Waals surface area contributed by atoms with Gasteiger partial charge in [-0.3, -0.25) is 0 Å². The van der Waals surface area contributed by atoms with Gasteiger partial charge in [0, 0.05) is 18.2 Å². The van der Waals surface area contributed by atoms with Gasteiger partial charge in [-0.05, 0) is 25.3 Å². The number of phenolic OH excluding ortho intramolecular Hbond substituents is 3. The van der Waals surface area contributed by atoms with Crippen LogP contribution < -0.4 is 5.32 Å². The van der Waals surface area contributed by atoms with Crippen molar-refractivity contribution in [3.8, 4) is 17.2 Å². The van der Waals surface area contributed by atoms with Crippen LogP contribution in [0.1, 0.15) is 24.8 Å². The second kappa shape index (κ2) is 5.10. The van der Waals surface area contributed by atoms with E-state index in [0.29, 0.717) is 18.2 Å². The fraction of sp³-hybridized carbons (Fsp3) is 0.385. The summed E-state index contributed by atoms with van der Waals surface area (Å²) in [6.45, 7) is 0.484. The molecular formula is C13H17NO3. The molecule has 0 bridgehead atoms. The molecule has 0 radical (unpaired) electrons. The minimum atomic E-state index is -0.451. The largest absolute Gasteiger partial charge is 0.504 e. The average Bonchev–Trinajstić information content (AvgIpc) is 2.36. The molecule has 0 aliphatic heterocycles. The third kappa shape index (κ3) is 2.71. The normalized spacial score (nSPS) is 19.4. The molecule has 1 aromatic rings. The predicted octanol–water partition coefficient (Wildman–Crippen LogP) is 2.00. The number of hydrogen-bond donors (Lipinski definition) is 4. The Labute approximate surface area is 100 Å². The number of allylic oxidation sites excluding steroid dienone is 1. The average molecular weight is 235 g/mol.